The second-order valence-electron chi connectivity index (χ2n) is 3.48. The molecule has 1 unspecified atom stereocenters. The molecule has 0 spiro atoms. The van der Waals surface area contributed by atoms with Crippen molar-refractivity contribution >= 4 is 33.1 Å². The first-order valence-electron chi connectivity index (χ1n) is 5.21. The maximum Gasteiger partial charge on any atom is 0.126 e. The normalized spacial score (nSPS) is 12.4. The number of nitrogens with one attached hydrogen (secondary N) is 1. The summed E-state index contributed by atoms with van der Waals surface area (Å²) in [5.41, 5.74) is 0. The van der Waals surface area contributed by atoms with Crippen LogP contribution in [-0.2, 0) is 0 Å². The SMILES string of the molecule is CCC(Nc1ccc(Br)cn1)c1cccs1. The van der Waals surface area contributed by atoms with Crippen LogP contribution >= 0.6 is 27.3 Å². The van der Waals surface area contributed by atoms with Gasteiger partial charge in [-0.05, 0) is 45.9 Å². The number of rotatable bonds is 4. The molecule has 16 heavy (non-hydrogen) atoms. The molecule has 4 heteroatoms. The van der Waals surface area contributed by atoms with Crippen molar-refractivity contribution in [2.24, 2.45) is 0 Å². The zero-order valence-electron chi connectivity index (χ0n) is 8.98. The summed E-state index contributed by atoms with van der Waals surface area (Å²) in [6, 6.07) is 8.58. The molecular weight excluding hydrogens is 284 g/mol. The van der Waals surface area contributed by atoms with E-state index < -0.39 is 0 Å². The van der Waals surface area contributed by atoms with Crippen LogP contribution in [0, 0.1) is 0 Å². The van der Waals surface area contributed by atoms with Crippen LogP contribution in [0.4, 0.5) is 5.82 Å². The smallest absolute Gasteiger partial charge is 0.126 e. The van der Waals surface area contributed by atoms with Crippen LogP contribution in [0.3, 0.4) is 0 Å². The molecule has 2 nitrogen and oxygen atoms in total. The largest absolute Gasteiger partial charge is 0.362 e. The second kappa shape index (κ2) is 5.46. The number of pyridine rings is 1. The Morgan fingerprint density at radius 3 is 2.88 bits per heavy atom. The van der Waals surface area contributed by atoms with E-state index in [0.29, 0.717) is 6.04 Å². The monoisotopic (exact) mass is 296 g/mol. The first kappa shape index (κ1) is 11.6. The molecule has 1 atom stereocenters. The van der Waals surface area contributed by atoms with Crippen molar-refractivity contribution in [1.29, 1.82) is 0 Å². The third-order valence-electron chi connectivity index (χ3n) is 2.34. The minimum Gasteiger partial charge on any atom is -0.362 e. The first-order valence-corrected chi connectivity index (χ1v) is 6.88. The molecule has 0 amide bonds. The quantitative estimate of drug-likeness (QED) is 0.900. The molecule has 0 aliphatic heterocycles. The molecule has 0 aromatic carbocycles. The number of nitrogens with zero attached hydrogens (tertiary/aromatic N) is 1. The minimum atomic E-state index is 0.355. The minimum absolute atomic E-state index is 0.355. The lowest BCUT2D eigenvalue weighted by atomic mass is 10.2. The first-order chi connectivity index (χ1) is 7.79. The average Bonchev–Trinajstić information content (AvgIpc) is 2.82. The second-order valence-corrected chi connectivity index (χ2v) is 5.38. The van der Waals surface area contributed by atoms with E-state index >= 15 is 0 Å². The number of hydrogen-bond donors (Lipinski definition) is 1. The molecule has 2 aromatic heterocycles. The Morgan fingerprint density at radius 1 is 1.44 bits per heavy atom. The van der Waals surface area contributed by atoms with Gasteiger partial charge in [-0.1, -0.05) is 13.0 Å². The van der Waals surface area contributed by atoms with Crippen molar-refractivity contribution in [3.8, 4) is 0 Å². The molecule has 0 saturated carbocycles. The summed E-state index contributed by atoms with van der Waals surface area (Å²) in [6.07, 6.45) is 2.86. The summed E-state index contributed by atoms with van der Waals surface area (Å²) in [4.78, 5) is 5.68. The Hall–Kier alpha value is -0.870. The van der Waals surface area contributed by atoms with E-state index in [4.69, 9.17) is 0 Å². The third-order valence-corrected chi connectivity index (χ3v) is 3.80. The summed E-state index contributed by atoms with van der Waals surface area (Å²) in [6.45, 7) is 2.18. The van der Waals surface area contributed by atoms with Gasteiger partial charge in [0, 0.05) is 15.5 Å². The number of hydrogen-bond acceptors (Lipinski definition) is 3. The topological polar surface area (TPSA) is 24.9 Å². The zero-order valence-corrected chi connectivity index (χ0v) is 11.4. The van der Waals surface area contributed by atoms with Gasteiger partial charge in [-0.3, -0.25) is 0 Å². The fraction of sp³-hybridized carbons (Fsp3) is 0.250. The highest BCUT2D eigenvalue weighted by molar-refractivity contribution is 9.10. The van der Waals surface area contributed by atoms with Crippen molar-refractivity contribution in [3.63, 3.8) is 0 Å². The van der Waals surface area contributed by atoms with Gasteiger partial charge in [0.05, 0.1) is 6.04 Å². The maximum absolute atomic E-state index is 4.32. The molecule has 0 saturated heterocycles. The summed E-state index contributed by atoms with van der Waals surface area (Å²) in [5.74, 6) is 0.920. The van der Waals surface area contributed by atoms with Crippen molar-refractivity contribution in [2.45, 2.75) is 19.4 Å². The van der Waals surface area contributed by atoms with Gasteiger partial charge in [0.15, 0.2) is 0 Å². The molecular formula is C12H13BrN2S. The van der Waals surface area contributed by atoms with Gasteiger partial charge < -0.3 is 5.32 Å². The zero-order chi connectivity index (χ0) is 11.4. The Morgan fingerprint density at radius 2 is 2.31 bits per heavy atom. The van der Waals surface area contributed by atoms with E-state index in [1.807, 2.05) is 18.3 Å². The van der Waals surface area contributed by atoms with Crippen LogP contribution in [0.5, 0.6) is 0 Å². The molecule has 0 aliphatic rings. The highest BCUT2D eigenvalue weighted by Gasteiger charge is 2.10. The van der Waals surface area contributed by atoms with Crippen LogP contribution in [0.2, 0.25) is 0 Å². The fourth-order valence-corrected chi connectivity index (χ4v) is 2.60. The molecule has 2 aromatic rings. The van der Waals surface area contributed by atoms with Gasteiger partial charge >= 0.3 is 0 Å². The molecule has 2 heterocycles. The fourth-order valence-electron chi connectivity index (χ4n) is 1.50. The molecule has 0 fully saturated rings. The highest BCUT2D eigenvalue weighted by atomic mass is 79.9. The van der Waals surface area contributed by atoms with Gasteiger partial charge in [-0.2, -0.15) is 0 Å². The van der Waals surface area contributed by atoms with Gasteiger partial charge in [0.1, 0.15) is 5.82 Å². The van der Waals surface area contributed by atoms with Crippen molar-refractivity contribution in [1.82, 2.24) is 4.98 Å². The average molecular weight is 297 g/mol. The summed E-state index contributed by atoms with van der Waals surface area (Å²) >= 11 is 5.16. The molecule has 0 radical (unpaired) electrons. The lowest BCUT2D eigenvalue weighted by molar-refractivity contribution is 0.759. The molecule has 0 aliphatic carbocycles. The van der Waals surface area contributed by atoms with Crippen LogP contribution in [0.25, 0.3) is 0 Å². The van der Waals surface area contributed by atoms with Crippen LogP contribution in [0.15, 0.2) is 40.3 Å². The maximum atomic E-state index is 4.32. The molecule has 84 valence electrons. The lowest BCUT2D eigenvalue weighted by Crippen LogP contribution is -2.08. The summed E-state index contributed by atoms with van der Waals surface area (Å²) < 4.78 is 1.00. The lowest BCUT2D eigenvalue weighted by Gasteiger charge is -2.15. The Labute approximate surface area is 108 Å². The predicted molar refractivity (Wildman–Crippen MR) is 72.9 cm³/mol. The Kier molecular flexibility index (Phi) is 3.96. The van der Waals surface area contributed by atoms with Crippen LogP contribution in [-0.4, -0.2) is 4.98 Å². The van der Waals surface area contributed by atoms with Gasteiger partial charge in [-0.25, -0.2) is 4.98 Å². The van der Waals surface area contributed by atoms with E-state index in [9.17, 15) is 0 Å². The highest BCUT2D eigenvalue weighted by Crippen LogP contribution is 2.25. The molecule has 1 N–H and O–H groups in total. The van der Waals surface area contributed by atoms with Crippen molar-refractivity contribution in [2.75, 3.05) is 5.32 Å². The predicted octanol–water partition coefficient (Wildman–Crippen LogP) is 4.47. The van der Waals surface area contributed by atoms with E-state index in [1.165, 1.54) is 4.88 Å². The van der Waals surface area contributed by atoms with E-state index in [-0.39, 0.29) is 0 Å². The molecule has 2 rings (SSSR count). The third kappa shape index (κ3) is 2.83. The number of anilines is 1. The van der Waals surface area contributed by atoms with Gasteiger partial charge in [0.2, 0.25) is 0 Å². The van der Waals surface area contributed by atoms with Crippen LogP contribution < -0.4 is 5.32 Å². The summed E-state index contributed by atoms with van der Waals surface area (Å²) in [5, 5.41) is 5.54. The number of thiophene rings is 1. The number of aromatic nitrogens is 1. The Bertz CT molecular complexity index is 425. The van der Waals surface area contributed by atoms with E-state index in [2.05, 4.69) is 50.7 Å². The number of halogens is 1. The van der Waals surface area contributed by atoms with Crippen LogP contribution in [0.1, 0.15) is 24.3 Å². The Balaban J connectivity index is 2.10. The van der Waals surface area contributed by atoms with E-state index in [0.717, 1.165) is 16.7 Å². The standard InChI is InChI=1S/C12H13BrN2S/c1-2-10(11-4-3-7-16-11)15-12-6-5-9(13)8-14-12/h3-8,10H,2H2,1H3,(H,14,15). The van der Waals surface area contributed by atoms with Gasteiger partial charge in [0.25, 0.3) is 0 Å². The van der Waals surface area contributed by atoms with Gasteiger partial charge in [-0.15, -0.1) is 11.3 Å². The summed E-state index contributed by atoms with van der Waals surface area (Å²) in [7, 11) is 0. The van der Waals surface area contributed by atoms with Crippen molar-refractivity contribution < 1.29 is 0 Å². The van der Waals surface area contributed by atoms with Crippen molar-refractivity contribution in [3.05, 3.63) is 45.2 Å². The molecule has 0 bridgehead atoms. The van der Waals surface area contributed by atoms with E-state index in [1.54, 1.807) is 11.3 Å².